The number of rotatable bonds is 5. The average molecular weight is 306 g/mol. The first kappa shape index (κ1) is 15.5. The first-order chi connectivity index (χ1) is 10.6. The summed E-state index contributed by atoms with van der Waals surface area (Å²) < 4.78 is 10.9. The summed E-state index contributed by atoms with van der Waals surface area (Å²) in [6, 6.07) is 6.86. The second-order valence-corrected chi connectivity index (χ2v) is 4.18. The van der Waals surface area contributed by atoms with Gasteiger partial charge in [-0.25, -0.2) is 10.2 Å². The Labute approximate surface area is 128 Å². The summed E-state index contributed by atoms with van der Waals surface area (Å²) in [7, 11) is 0. The predicted octanol–water partition coefficient (Wildman–Crippen LogP) is 2.33. The van der Waals surface area contributed by atoms with E-state index in [1.807, 2.05) is 13.8 Å². The van der Waals surface area contributed by atoms with Crippen LogP contribution < -0.4 is 15.9 Å². The van der Waals surface area contributed by atoms with E-state index in [-0.39, 0.29) is 0 Å². The van der Waals surface area contributed by atoms with Gasteiger partial charge in [-0.05, 0) is 26.0 Å². The smallest absolute Gasteiger partial charge is 0.409 e. The lowest BCUT2D eigenvalue weighted by Gasteiger charge is -2.27. The molecule has 118 valence electrons. The zero-order valence-electron chi connectivity index (χ0n) is 12.4. The number of anilines is 2. The molecular weight excluding hydrogens is 288 g/mol. The Morgan fingerprint density at radius 1 is 1.32 bits per heavy atom. The minimum Gasteiger partial charge on any atom is -0.478 e. The van der Waals surface area contributed by atoms with Crippen molar-refractivity contribution in [3.63, 3.8) is 0 Å². The van der Waals surface area contributed by atoms with Gasteiger partial charge in [-0.3, -0.25) is 5.32 Å². The summed E-state index contributed by atoms with van der Waals surface area (Å²) >= 11 is 0. The Balaban J connectivity index is 2.31. The Kier molecular flexibility index (Phi) is 5.07. The molecule has 8 heteroatoms. The molecular formula is C14H18N4O4. The van der Waals surface area contributed by atoms with Gasteiger partial charge in [0.25, 0.3) is 0 Å². The number of benzene rings is 1. The first-order valence-electron chi connectivity index (χ1n) is 6.85. The molecule has 0 saturated heterocycles. The standard InChI is InChI=1S/C14H18N4O4/c1-3-21-12-9-13(22-4-2)17-18(16-12)11-8-6-5-7-10(11)15-14(19)20/h5-9,15-16H,3-4H2,1-2H3,(H,19,20). The van der Waals surface area contributed by atoms with Crippen LogP contribution in [0.15, 0.2) is 41.3 Å². The van der Waals surface area contributed by atoms with Crippen LogP contribution in [-0.2, 0) is 9.47 Å². The van der Waals surface area contributed by atoms with Crippen LogP contribution in [0, 0.1) is 0 Å². The van der Waals surface area contributed by atoms with Crippen molar-refractivity contribution in [2.75, 3.05) is 23.6 Å². The van der Waals surface area contributed by atoms with Crippen LogP contribution in [0.4, 0.5) is 16.2 Å². The number of nitrogens with one attached hydrogen (secondary N) is 2. The van der Waals surface area contributed by atoms with E-state index in [0.29, 0.717) is 36.4 Å². The molecule has 0 fully saturated rings. The normalized spacial score (nSPS) is 13.6. The molecule has 1 aromatic carbocycles. The second-order valence-electron chi connectivity index (χ2n) is 4.18. The maximum atomic E-state index is 10.9. The third kappa shape index (κ3) is 3.81. The van der Waals surface area contributed by atoms with E-state index in [1.54, 1.807) is 30.3 Å². The van der Waals surface area contributed by atoms with Crippen molar-refractivity contribution in [1.82, 2.24) is 5.43 Å². The van der Waals surface area contributed by atoms with Gasteiger partial charge in [0.2, 0.25) is 11.8 Å². The summed E-state index contributed by atoms with van der Waals surface area (Å²) in [6.07, 6.45) is 0.482. The number of hydrazine groups is 1. The molecule has 0 spiro atoms. The van der Waals surface area contributed by atoms with Crippen molar-refractivity contribution >= 4 is 23.4 Å². The van der Waals surface area contributed by atoms with Gasteiger partial charge in [0.15, 0.2) is 0 Å². The summed E-state index contributed by atoms with van der Waals surface area (Å²) in [5.74, 6) is 0.834. The Hall–Kier alpha value is -2.90. The number of para-hydroxylation sites is 2. The quantitative estimate of drug-likeness (QED) is 0.772. The van der Waals surface area contributed by atoms with Crippen molar-refractivity contribution in [2.45, 2.75) is 13.8 Å². The van der Waals surface area contributed by atoms with E-state index in [1.165, 1.54) is 5.12 Å². The molecule has 2 rings (SSSR count). The summed E-state index contributed by atoms with van der Waals surface area (Å²) in [6.45, 7) is 4.64. The highest BCUT2D eigenvalue weighted by Gasteiger charge is 2.19. The number of carboxylic acid groups (broad SMARTS) is 1. The molecule has 0 unspecified atom stereocenters. The van der Waals surface area contributed by atoms with Crippen molar-refractivity contribution in [2.24, 2.45) is 5.10 Å². The third-order valence-electron chi connectivity index (χ3n) is 2.64. The summed E-state index contributed by atoms with van der Waals surface area (Å²) in [4.78, 5) is 10.9. The Morgan fingerprint density at radius 2 is 2.05 bits per heavy atom. The number of hydrazone groups is 1. The van der Waals surface area contributed by atoms with Gasteiger partial charge < -0.3 is 14.6 Å². The van der Waals surface area contributed by atoms with Crippen LogP contribution in [0.1, 0.15) is 13.8 Å². The van der Waals surface area contributed by atoms with Crippen molar-refractivity contribution in [3.8, 4) is 0 Å². The van der Waals surface area contributed by atoms with Gasteiger partial charge in [-0.2, -0.15) is 5.12 Å². The largest absolute Gasteiger partial charge is 0.478 e. The molecule has 0 saturated carbocycles. The second kappa shape index (κ2) is 7.21. The first-order valence-corrected chi connectivity index (χ1v) is 6.85. The number of hydrogen-bond donors (Lipinski definition) is 3. The molecule has 0 atom stereocenters. The van der Waals surface area contributed by atoms with Crippen LogP contribution in [0.2, 0.25) is 0 Å². The van der Waals surface area contributed by atoms with Gasteiger partial charge in [-0.1, -0.05) is 12.1 Å². The number of nitrogens with zero attached hydrogens (tertiary/aromatic N) is 2. The van der Waals surface area contributed by atoms with Crippen LogP contribution in [-0.4, -0.2) is 30.3 Å². The van der Waals surface area contributed by atoms with E-state index in [9.17, 15) is 4.79 Å². The molecule has 0 radical (unpaired) electrons. The molecule has 1 heterocycles. The zero-order valence-corrected chi connectivity index (χ0v) is 12.4. The average Bonchev–Trinajstić information content (AvgIpc) is 2.47. The molecule has 0 bridgehead atoms. The molecule has 3 N–H and O–H groups in total. The zero-order chi connectivity index (χ0) is 15.9. The van der Waals surface area contributed by atoms with E-state index in [2.05, 4.69) is 15.8 Å². The minimum absolute atomic E-state index is 0.370. The lowest BCUT2D eigenvalue weighted by molar-refractivity contribution is 0.199. The minimum atomic E-state index is -1.15. The molecule has 22 heavy (non-hydrogen) atoms. The van der Waals surface area contributed by atoms with Gasteiger partial charge >= 0.3 is 6.09 Å². The fraction of sp³-hybridized carbons (Fsp3) is 0.286. The van der Waals surface area contributed by atoms with E-state index in [4.69, 9.17) is 14.6 Å². The topological polar surface area (TPSA) is 95.4 Å². The van der Waals surface area contributed by atoms with E-state index in [0.717, 1.165) is 0 Å². The highest BCUT2D eigenvalue weighted by Crippen LogP contribution is 2.26. The van der Waals surface area contributed by atoms with Crippen LogP contribution >= 0.6 is 0 Å². The molecule has 1 aliphatic heterocycles. The lowest BCUT2D eigenvalue weighted by Crippen LogP contribution is -2.39. The molecule has 1 aromatic rings. The fourth-order valence-electron chi connectivity index (χ4n) is 1.84. The maximum absolute atomic E-state index is 10.9. The number of ether oxygens (including phenoxy) is 2. The molecule has 1 aliphatic rings. The SMILES string of the molecule is CCOC1=CC(OCC)=NN(c2ccccc2NC(=O)O)N1. The molecule has 0 aromatic heterocycles. The van der Waals surface area contributed by atoms with Crippen LogP contribution in [0.3, 0.4) is 0 Å². The highest BCUT2D eigenvalue weighted by molar-refractivity contribution is 5.92. The van der Waals surface area contributed by atoms with Crippen LogP contribution in [0.5, 0.6) is 0 Å². The summed E-state index contributed by atoms with van der Waals surface area (Å²) in [5, 5.41) is 16.9. The maximum Gasteiger partial charge on any atom is 0.409 e. The molecule has 8 nitrogen and oxygen atoms in total. The number of hydrogen-bond acceptors (Lipinski definition) is 6. The van der Waals surface area contributed by atoms with E-state index < -0.39 is 6.09 Å². The van der Waals surface area contributed by atoms with Gasteiger partial charge in [-0.15, -0.1) is 5.10 Å². The monoisotopic (exact) mass is 306 g/mol. The van der Waals surface area contributed by atoms with E-state index >= 15 is 0 Å². The van der Waals surface area contributed by atoms with Crippen molar-refractivity contribution in [1.29, 1.82) is 0 Å². The Morgan fingerprint density at radius 3 is 2.73 bits per heavy atom. The molecule has 0 aliphatic carbocycles. The van der Waals surface area contributed by atoms with Crippen LogP contribution in [0.25, 0.3) is 0 Å². The van der Waals surface area contributed by atoms with Crippen molar-refractivity contribution < 1.29 is 19.4 Å². The highest BCUT2D eigenvalue weighted by atomic mass is 16.5. The summed E-state index contributed by atoms with van der Waals surface area (Å²) in [5.41, 5.74) is 3.85. The van der Waals surface area contributed by atoms with Crippen molar-refractivity contribution in [3.05, 3.63) is 36.2 Å². The number of amides is 1. The Bertz CT molecular complexity index is 600. The number of carbonyl (C=O) groups is 1. The fourth-order valence-corrected chi connectivity index (χ4v) is 1.84. The molecule has 1 amide bonds. The predicted molar refractivity (Wildman–Crippen MR) is 82.5 cm³/mol. The van der Waals surface area contributed by atoms with Gasteiger partial charge in [0.1, 0.15) is 5.69 Å². The lowest BCUT2D eigenvalue weighted by atomic mass is 10.2. The van der Waals surface area contributed by atoms with Gasteiger partial charge in [0, 0.05) is 0 Å². The third-order valence-corrected chi connectivity index (χ3v) is 2.64. The van der Waals surface area contributed by atoms with Gasteiger partial charge in [0.05, 0.1) is 25.0 Å².